The Morgan fingerprint density at radius 1 is 1.06 bits per heavy atom. The Kier molecular flexibility index (Phi) is 7.44. The fraction of sp³-hybridized carbons (Fsp3) is 0.667. The summed E-state index contributed by atoms with van der Waals surface area (Å²) in [6.45, 7) is 0.456. The second kappa shape index (κ2) is 8.34. The Morgan fingerprint density at radius 2 is 1.71 bits per heavy atom. The molecule has 0 saturated heterocycles. The zero-order valence-corrected chi connectivity index (χ0v) is 9.95. The highest BCUT2D eigenvalue weighted by Gasteiger charge is 2.05. The standard InChI is InChI=1S/C9H18N4O4/c1-13(2)4-3-10-9(17)12-5-7(14)11-6-8(15)16/h3-6H2,1-2H3,(H,11,14)(H,15,16)(H2,10,12,17). The summed E-state index contributed by atoms with van der Waals surface area (Å²) in [6.07, 6.45) is 0. The molecule has 8 nitrogen and oxygen atoms in total. The van der Waals surface area contributed by atoms with Gasteiger partial charge in [0.1, 0.15) is 6.54 Å². The lowest BCUT2D eigenvalue weighted by Gasteiger charge is -2.11. The minimum atomic E-state index is -1.13. The van der Waals surface area contributed by atoms with Gasteiger partial charge in [0.25, 0.3) is 0 Å². The third-order valence-electron chi connectivity index (χ3n) is 1.69. The molecular formula is C9H18N4O4. The molecule has 0 aliphatic heterocycles. The van der Waals surface area contributed by atoms with E-state index in [4.69, 9.17) is 5.11 Å². The molecule has 0 bridgehead atoms. The number of amides is 3. The minimum absolute atomic E-state index is 0.249. The summed E-state index contributed by atoms with van der Waals surface area (Å²) in [5, 5.41) is 15.3. The summed E-state index contributed by atoms with van der Waals surface area (Å²) in [7, 11) is 3.75. The fourth-order valence-electron chi connectivity index (χ4n) is 0.853. The van der Waals surface area contributed by atoms with Crippen molar-refractivity contribution in [3.8, 4) is 0 Å². The number of likely N-dealkylation sites (N-methyl/N-ethyl adjacent to an activating group) is 1. The lowest BCUT2D eigenvalue weighted by molar-refractivity contribution is -0.137. The van der Waals surface area contributed by atoms with Gasteiger partial charge in [-0.2, -0.15) is 0 Å². The van der Waals surface area contributed by atoms with E-state index in [0.717, 1.165) is 0 Å². The van der Waals surface area contributed by atoms with Crippen LogP contribution in [0.2, 0.25) is 0 Å². The smallest absolute Gasteiger partial charge is 0.322 e. The number of carbonyl (C=O) groups is 3. The van der Waals surface area contributed by atoms with E-state index in [-0.39, 0.29) is 6.54 Å². The highest BCUT2D eigenvalue weighted by atomic mass is 16.4. The normalized spacial score (nSPS) is 9.82. The van der Waals surface area contributed by atoms with Crippen molar-refractivity contribution in [1.82, 2.24) is 20.9 Å². The highest BCUT2D eigenvalue weighted by Crippen LogP contribution is 1.72. The molecular weight excluding hydrogens is 228 g/mol. The van der Waals surface area contributed by atoms with Gasteiger partial charge in [0.05, 0.1) is 6.54 Å². The van der Waals surface area contributed by atoms with E-state index < -0.39 is 24.5 Å². The number of carboxylic acid groups (broad SMARTS) is 1. The summed E-state index contributed by atoms with van der Waals surface area (Å²) in [6, 6.07) is -0.461. The van der Waals surface area contributed by atoms with E-state index in [0.29, 0.717) is 13.1 Å². The first-order chi connectivity index (χ1) is 7.91. The number of nitrogens with one attached hydrogen (secondary N) is 3. The van der Waals surface area contributed by atoms with Gasteiger partial charge in [-0.05, 0) is 14.1 Å². The lowest BCUT2D eigenvalue weighted by Crippen LogP contribution is -2.44. The van der Waals surface area contributed by atoms with Crippen LogP contribution in [-0.2, 0) is 9.59 Å². The third-order valence-corrected chi connectivity index (χ3v) is 1.69. The Hall–Kier alpha value is -1.83. The SMILES string of the molecule is CN(C)CCNC(=O)NCC(=O)NCC(=O)O. The molecule has 98 valence electrons. The third kappa shape index (κ3) is 10.5. The lowest BCUT2D eigenvalue weighted by atomic mass is 10.5. The zero-order chi connectivity index (χ0) is 13.3. The monoisotopic (exact) mass is 246 g/mol. The molecule has 0 radical (unpaired) electrons. The van der Waals surface area contributed by atoms with Crippen LogP contribution in [0, 0.1) is 0 Å². The maximum atomic E-state index is 11.1. The second-order valence-corrected chi connectivity index (χ2v) is 3.58. The van der Waals surface area contributed by atoms with Gasteiger partial charge in [-0.25, -0.2) is 4.79 Å². The van der Waals surface area contributed by atoms with Gasteiger partial charge < -0.3 is 26.0 Å². The van der Waals surface area contributed by atoms with Gasteiger partial charge in [0, 0.05) is 13.1 Å². The summed E-state index contributed by atoms with van der Waals surface area (Å²) >= 11 is 0. The fourth-order valence-corrected chi connectivity index (χ4v) is 0.853. The van der Waals surface area contributed by atoms with Crippen molar-refractivity contribution in [2.24, 2.45) is 0 Å². The molecule has 0 rings (SSSR count). The van der Waals surface area contributed by atoms with Crippen molar-refractivity contribution in [2.45, 2.75) is 0 Å². The van der Waals surface area contributed by atoms with Crippen LogP contribution >= 0.6 is 0 Å². The van der Waals surface area contributed by atoms with Gasteiger partial charge in [-0.1, -0.05) is 0 Å². The van der Waals surface area contributed by atoms with E-state index in [1.807, 2.05) is 19.0 Å². The molecule has 0 fully saturated rings. The Morgan fingerprint density at radius 3 is 2.24 bits per heavy atom. The molecule has 0 aromatic rings. The number of carboxylic acids is 1. The molecule has 0 spiro atoms. The van der Waals surface area contributed by atoms with E-state index in [2.05, 4.69) is 16.0 Å². The quantitative estimate of drug-likeness (QED) is 0.417. The van der Waals surface area contributed by atoms with Gasteiger partial charge in [0.2, 0.25) is 5.91 Å². The van der Waals surface area contributed by atoms with Gasteiger partial charge in [-0.3, -0.25) is 9.59 Å². The van der Waals surface area contributed by atoms with Crippen LogP contribution in [0.3, 0.4) is 0 Å². The first-order valence-electron chi connectivity index (χ1n) is 5.06. The van der Waals surface area contributed by atoms with E-state index in [1.165, 1.54) is 0 Å². The molecule has 0 aromatic carbocycles. The summed E-state index contributed by atoms with van der Waals surface area (Å²) in [5.41, 5.74) is 0. The van der Waals surface area contributed by atoms with Crippen molar-refractivity contribution in [3.63, 3.8) is 0 Å². The second-order valence-electron chi connectivity index (χ2n) is 3.58. The van der Waals surface area contributed by atoms with Crippen LogP contribution in [0.15, 0.2) is 0 Å². The van der Waals surface area contributed by atoms with Crippen LogP contribution in [0.25, 0.3) is 0 Å². The molecule has 0 unspecified atom stereocenters. The number of aliphatic carboxylic acids is 1. The molecule has 0 aromatic heterocycles. The van der Waals surface area contributed by atoms with Gasteiger partial charge >= 0.3 is 12.0 Å². The van der Waals surface area contributed by atoms with Crippen LogP contribution in [0.1, 0.15) is 0 Å². The van der Waals surface area contributed by atoms with E-state index in [9.17, 15) is 14.4 Å². The largest absolute Gasteiger partial charge is 0.480 e. The van der Waals surface area contributed by atoms with Crippen LogP contribution in [-0.4, -0.2) is 68.2 Å². The molecule has 4 N–H and O–H groups in total. The maximum Gasteiger partial charge on any atom is 0.322 e. The minimum Gasteiger partial charge on any atom is -0.480 e. The first kappa shape index (κ1) is 15.2. The van der Waals surface area contributed by atoms with Crippen LogP contribution < -0.4 is 16.0 Å². The summed E-state index contributed by atoms with van der Waals surface area (Å²) < 4.78 is 0. The highest BCUT2D eigenvalue weighted by molar-refractivity contribution is 5.86. The van der Waals surface area contributed by atoms with E-state index in [1.54, 1.807) is 0 Å². The molecule has 0 atom stereocenters. The predicted octanol–water partition coefficient (Wildman–Crippen LogP) is -1.95. The van der Waals surface area contributed by atoms with Crippen LogP contribution in [0.5, 0.6) is 0 Å². The number of urea groups is 1. The number of hydrogen-bond donors (Lipinski definition) is 4. The van der Waals surface area contributed by atoms with Crippen molar-refractivity contribution in [1.29, 1.82) is 0 Å². The molecule has 8 heteroatoms. The maximum absolute atomic E-state index is 11.1. The van der Waals surface area contributed by atoms with Crippen molar-refractivity contribution in [2.75, 3.05) is 40.3 Å². The molecule has 0 heterocycles. The topological polar surface area (TPSA) is 111 Å². The zero-order valence-electron chi connectivity index (χ0n) is 9.95. The van der Waals surface area contributed by atoms with Crippen molar-refractivity contribution < 1.29 is 19.5 Å². The molecule has 3 amide bonds. The van der Waals surface area contributed by atoms with Gasteiger partial charge in [0.15, 0.2) is 0 Å². The Bertz CT molecular complexity index is 280. The molecule has 17 heavy (non-hydrogen) atoms. The Labute approximate surface area is 99.3 Å². The summed E-state index contributed by atoms with van der Waals surface area (Å²) in [5.74, 6) is -1.68. The first-order valence-corrected chi connectivity index (χ1v) is 5.06. The summed E-state index contributed by atoms with van der Waals surface area (Å²) in [4.78, 5) is 34.2. The average Bonchev–Trinajstić information content (AvgIpc) is 2.23. The average molecular weight is 246 g/mol. The number of hydrogen-bond acceptors (Lipinski definition) is 4. The van der Waals surface area contributed by atoms with Crippen LogP contribution in [0.4, 0.5) is 4.79 Å². The molecule has 0 saturated carbocycles. The number of rotatable bonds is 7. The van der Waals surface area contributed by atoms with Gasteiger partial charge in [-0.15, -0.1) is 0 Å². The van der Waals surface area contributed by atoms with Crippen molar-refractivity contribution >= 4 is 17.9 Å². The Balaban J connectivity index is 3.55. The molecule has 0 aliphatic carbocycles. The number of carbonyl (C=O) groups excluding carboxylic acids is 2. The number of nitrogens with zero attached hydrogens (tertiary/aromatic N) is 1. The van der Waals surface area contributed by atoms with E-state index >= 15 is 0 Å². The predicted molar refractivity (Wildman–Crippen MR) is 60.6 cm³/mol. The molecule has 0 aliphatic rings. The van der Waals surface area contributed by atoms with Crippen molar-refractivity contribution in [3.05, 3.63) is 0 Å².